The predicted octanol–water partition coefficient (Wildman–Crippen LogP) is 1.94. The Morgan fingerprint density at radius 3 is 2.70 bits per heavy atom. The van der Waals surface area contributed by atoms with Crippen LogP contribution in [0.25, 0.3) is 0 Å². The van der Waals surface area contributed by atoms with Gasteiger partial charge in [-0.25, -0.2) is 0 Å². The van der Waals surface area contributed by atoms with Crippen LogP contribution in [-0.4, -0.2) is 39.1 Å². The fourth-order valence-corrected chi connectivity index (χ4v) is 4.12. The monoisotopic (exact) mass is 395 g/mol. The van der Waals surface area contributed by atoms with Crippen LogP contribution in [0.5, 0.6) is 0 Å². The van der Waals surface area contributed by atoms with Crippen LogP contribution in [0.15, 0.2) is 23.1 Å². The summed E-state index contributed by atoms with van der Waals surface area (Å²) in [5.41, 5.74) is 3.99. The summed E-state index contributed by atoms with van der Waals surface area (Å²) >= 11 is 0.948. The van der Waals surface area contributed by atoms with Gasteiger partial charge in [-0.3, -0.25) is 24.5 Å². The summed E-state index contributed by atoms with van der Waals surface area (Å²) in [6, 6.07) is 3.81. The Hall–Kier alpha value is -2.62. The van der Waals surface area contributed by atoms with Crippen molar-refractivity contribution in [1.29, 1.82) is 0 Å². The number of primary amides is 1. The Labute approximate surface area is 159 Å². The maximum absolute atomic E-state index is 12.3. The second kappa shape index (κ2) is 8.38. The van der Waals surface area contributed by atoms with Gasteiger partial charge in [-0.1, -0.05) is 12.8 Å². The molecule has 1 aromatic carbocycles. The number of carboxylic acids is 1. The lowest BCUT2D eigenvalue weighted by atomic mass is 9.74. The second-order valence-corrected chi connectivity index (χ2v) is 7.71. The highest BCUT2D eigenvalue weighted by molar-refractivity contribution is 8.00. The molecule has 9 nitrogen and oxygen atoms in total. The third-order valence-corrected chi connectivity index (χ3v) is 5.79. The lowest BCUT2D eigenvalue weighted by molar-refractivity contribution is -0.387. The molecular weight excluding hydrogens is 374 g/mol. The zero-order valence-corrected chi connectivity index (χ0v) is 15.6. The van der Waals surface area contributed by atoms with Crippen LogP contribution in [0.1, 0.15) is 43.0 Å². The fourth-order valence-electron chi connectivity index (χ4n) is 3.31. The van der Waals surface area contributed by atoms with E-state index < -0.39 is 34.2 Å². The van der Waals surface area contributed by atoms with Gasteiger partial charge in [-0.15, -0.1) is 11.8 Å². The smallest absolute Gasteiger partial charge is 0.308 e. The van der Waals surface area contributed by atoms with Gasteiger partial charge in [0.05, 0.1) is 27.0 Å². The molecule has 0 spiro atoms. The Balaban J connectivity index is 2.08. The number of benzene rings is 1. The first-order chi connectivity index (χ1) is 12.6. The van der Waals surface area contributed by atoms with Crippen molar-refractivity contribution in [3.8, 4) is 0 Å². The molecule has 4 N–H and O–H groups in total. The number of amides is 2. The van der Waals surface area contributed by atoms with Crippen molar-refractivity contribution in [1.82, 2.24) is 5.32 Å². The SMILES string of the molecule is CC1(NC(=O)CSc2ccc(C(N)=O)cc2[N+](=O)[O-])CCCCC1C(=O)O. The van der Waals surface area contributed by atoms with Crippen LogP contribution >= 0.6 is 11.8 Å². The average Bonchev–Trinajstić information content (AvgIpc) is 2.59. The van der Waals surface area contributed by atoms with Gasteiger partial charge in [0.15, 0.2) is 0 Å². The number of nitrogens with zero attached hydrogens (tertiary/aromatic N) is 1. The molecule has 146 valence electrons. The maximum atomic E-state index is 12.3. The van der Waals surface area contributed by atoms with E-state index in [0.717, 1.165) is 30.7 Å². The van der Waals surface area contributed by atoms with Crippen LogP contribution in [0.3, 0.4) is 0 Å². The number of nitro groups is 1. The minimum absolute atomic E-state index is 0.00881. The minimum Gasteiger partial charge on any atom is -0.481 e. The van der Waals surface area contributed by atoms with Crippen molar-refractivity contribution in [2.24, 2.45) is 11.7 Å². The first-order valence-corrected chi connectivity index (χ1v) is 9.37. The molecule has 2 amide bonds. The Morgan fingerprint density at radius 1 is 1.41 bits per heavy atom. The lowest BCUT2D eigenvalue weighted by Crippen LogP contribution is -2.55. The number of nitro benzene ring substituents is 1. The van der Waals surface area contributed by atoms with Crippen molar-refractivity contribution >= 4 is 35.2 Å². The van der Waals surface area contributed by atoms with Gasteiger partial charge in [0.25, 0.3) is 5.69 Å². The van der Waals surface area contributed by atoms with Crippen molar-refractivity contribution in [2.45, 2.75) is 43.0 Å². The summed E-state index contributed by atoms with van der Waals surface area (Å²) in [5, 5.41) is 23.4. The summed E-state index contributed by atoms with van der Waals surface area (Å²) in [6.07, 6.45) is 2.69. The molecule has 0 radical (unpaired) electrons. The summed E-state index contributed by atoms with van der Waals surface area (Å²) in [4.78, 5) is 45.8. The molecule has 1 aliphatic rings. The molecule has 0 aliphatic heterocycles. The molecule has 2 atom stereocenters. The molecule has 10 heteroatoms. The van der Waals surface area contributed by atoms with Crippen molar-refractivity contribution in [3.05, 3.63) is 33.9 Å². The second-order valence-electron chi connectivity index (χ2n) is 6.69. The van der Waals surface area contributed by atoms with Crippen LogP contribution in [-0.2, 0) is 9.59 Å². The lowest BCUT2D eigenvalue weighted by Gasteiger charge is -2.39. The number of carbonyl (C=O) groups is 3. The molecule has 0 heterocycles. The van der Waals surface area contributed by atoms with Gasteiger partial charge in [0.2, 0.25) is 11.8 Å². The predicted molar refractivity (Wildman–Crippen MR) is 98.5 cm³/mol. The summed E-state index contributed by atoms with van der Waals surface area (Å²) < 4.78 is 0. The van der Waals surface area contributed by atoms with E-state index in [0.29, 0.717) is 12.8 Å². The van der Waals surface area contributed by atoms with E-state index in [-0.39, 0.29) is 21.9 Å². The van der Waals surface area contributed by atoms with Gasteiger partial charge < -0.3 is 16.2 Å². The van der Waals surface area contributed by atoms with Gasteiger partial charge in [0, 0.05) is 11.6 Å². The van der Waals surface area contributed by atoms with E-state index in [2.05, 4.69) is 5.32 Å². The fraction of sp³-hybridized carbons (Fsp3) is 0.471. The van der Waals surface area contributed by atoms with Crippen LogP contribution in [0.2, 0.25) is 0 Å². The van der Waals surface area contributed by atoms with Crippen molar-refractivity contribution in [3.63, 3.8) is 0 Å². The number of aliphatic carboxylic acids is 1. The number of carbonyl (C=O) groups excluding carboxylic acids is 2. The minimum atomic E-state index is -0.942. The number of rotatable bonds is 7. The number of nitrogens with two attached hydrogens (primary N) is 1. The van der Waals surface area contributed by atoms with Gasteiger partial charge in [-0.2, -0.15) is 0 Å². The normalized spacial score (nSPS) is 22.0. The van der Waals surface area contributed by atoms with E-state index in [4.69, 9.17) is 5.73 Å². The molecule has 1 aliphatic carbocycles. The third kappa shape index (κ3) is 4.97. The first-order valence-electron chi connectivity index (χ1n) is 8.39. The molecule has 1 aromatic rings. The molecule has 27 heavy (non-hydrogen) atoms. The first kappa shape index (κ1) is 20.7. The largest absolute Gasteiger partial charge is 0.481 e. The quantitative estimate of drug-likeness (QED) is 0.362. The highest BCUT2D eigenvalue weighted by Crippen LogP contribution is 2.34. The average molecular weight is 395 g/mol. The molecule has 0 aromatic heterocycles. The molecule has 0 bridgehead atoms. The van der Waals surface area contributed by atoms with E-state index in [1.165, 1.54) is 12.1 Å². The van der Waals surface area contributed by atoms with Gasteiger partial charge in [0.1, 0.15) is 0 Å². The van der Waals surface area contributed by atoms with Crippen LogP contribution in [0.4, 0.5) is 5.69 Å². The highest BCUT2D eigenvalue weighted by atomic mass is 32.2. The Kier molecular flexibility index (Phi) is 6.42. The highest BCUT2D eigenvalue weighted by Gasteiger charge is 2.42. The summed E-state index contributed by atoms with van der Waals surface area (Å²) in [7, 11) is 0. The molecule has 1 saturated carbocycles. The molecule has 1 fully saturated rings. The molecule has 0 saturated heterocycles. The van der Waals surface area contributed by atoms with Gasteiger partial charge >= 0.3 is 5.97 Å². The number of nitrogens with one attached hydrogen (secondary N) is 1. The third-order valence-electron chi connectivity index (χ3n) is 4.73. The van der Waals surface area contributed by atoms with E-state index in [1.807, 2.05) is 0 Å². The van der Waals surface area contributed by atoms with Crippen molar-refractivity contribution < 1.29 is 24.4 Å². The number of hydrogen-bond donors (Lipinski definition) is 3. The standard InChI is InChI=1S/C17H21N3O6S/c1-17(7-3-2-4-11(17)16(23)24)19-14(21)9-27-13-6-5-10(15(18)22)8-12(13)20(25)26/h5-6,8,11H,2-4,7,9H2,1H3,(H2,18,22)(H,19,21)(H,23,24). The Morgan fingerprint density at radius 2 is 2.11 bits per heavy atom. The van der Waals surface area contributed by atoms with E-state index >= 15 is 0 Å². The molecule has 2 rings (SSSR count). The summed E-state index contributed by atoms with van der Waals surface area (Å²) in [5.74, 6) is -2.90. The maximum Gasteiger partial charge on any atom is 0.308 e. The zero-order chi connectivity index (χ0) is 20.2. The van der Waals surface area contributed by atoms with Gasteiger partial charge in [-0.05, 0) is 31.9 Å². The van der Waals surface area contributed by atoms with E-state index in [9.17, 15) is 29.6 Å². The molecule has 2 unspecified atom stereocenters. The Bertz CT molecular complexity index is 784. The zero-order valence-electron chi connectivity index (χ0n) is 14.8. The number of carboxylic acid groups (broad SMARTS) is 1. The topological polar surface area (TPSA) is 153 Å². The van der Waals surface area contributed by atoms with Crippen LogP contribution < -0.4 is 11.1 Å². The number of thioether (sulfide) groups is 1. The summed E-state index contributed by atoms with van der Waals surface area (Å²) in [6.45, 7) is 1.72. The van der Waals surface area contributed by atoms with Crippen LogP contribution in [0, 0.1) is 16.0 Å². The van der Waals surface area contributed by atoms with Crippen molar-refractivity contribution in [2.75, 3.05) is 5.75 Å². The molecular formula is C17H21N3O6S. The van der Waals surface area contributed by atoms with E-state index in [1.54, 1.807) is 6.92 Å². The number of hydrogen-bond acceptors (Lipinski definition) is 6.